The molecule has 0 aliphatic heterocycles. The smallest absolute Gasteiger partial charge is 0.153 e. The molecule has 0 radical (unpaired) electrons. The maximum atomic E-state index is 4.93. The predicted molar refractivity (Wildman–Crippen MR) is 123 cm³/mol. The summed E-state index contributed by atoms with van der Waals surface area (Å²) in [6.45, 7) is 12.9. The van der Waals surface area contributed by atoms with E-state index in [-0.39, 0.29) is 5.41 Å². The molecule has 6 nitrogen and oxygen atoms in total. The molecule has 0 N–H and O–H groups in total. The largest absolute Gasteiger partial charge is 0.233 e. The fourth-order valence-electron chi connectivity index (χ4n) is 3.48. The first-order valence-electron chi connectivity index (χ1n) is 10.8. The molecule has 4 aromatic heterocycles. The van der Waals surface area contributed by atoms with E-state index in [1.165, 1.54) is 0 Å². The van der Waals surface area contributed by atoms with Crippen molar-refractivity contribution in [3.05, 3.63) is 83.7 Å². The van der Waals surface area contributed by atoms with Gasteiger partial charge in [-0.2, -0.15) is 10.2 Å². The number of aromatic nitrogens is 6. The SMILES string of the molecule is CC(C)c1ccn(-c2cccc(C(C)(C)c3cccc(-n4ccc(C(C)C)n4)n3)n2)n1. The van der Waals surface area contributed by atoms with Gasteiger partial charge in [-0.25, -0.2) is 19.3 Å². The summed E-state index contributed by atoms with van der Waals surface area (Å²) in [5.41, 5.74) is 3.62. The molecular formula is C25H30N6. The van der Waals surface area contributed by atoms with Crippen LogP contribution in [0.5, 0.6) is 0 Å². The van der Waals surface area contributed by atoms with Crippen LogP contribution in [0.1, 0.15) is 76.2 Å². The average Bonchev–Trinajstić information content (AvgIpc) is 3.44. The number of rotatable bonds is 6. The van der Waals surface area contributed by atoms with E-state index in [0.29, 0.717) is 11.8 Å². The molecule has 6 heteroatoms. The average molecular weight is 415 g/mol. The quantitative estimate of drug-likeness (QED) is 0.423. The van der Waals surface area contributed by atoms with Crippen molar-refractivity contribution in [2.45, 2.75) is 58.8 Å². The summed E-state index contributed by atoms with van der Waals surface area (Å²) in [5, 5.41) is 9.35. The Labute approximate surface area is 184 Å². The summed E-state index contributed by atoms with van der Waals surface area (Å²) in [6, 6.07) is 16.2. The molecule has 4 rings (SSSR count). The maximum Gasteiger partial charge on any atom is 0.153 e. The molecule has 0 aromatic carbocycles. The normalized spacial score (nSPS) is 12.1. The fourth-order valence-corrected chi connectivity index (χ4v) is 3.48. The monoisotopic (exact) mass is 414 g/mol. The summed E-state index contributed by atoms with van der Waals surface area (Å²) in [7, 11) is 0. The van der Waals surface area contributed by atoms with E-state index in [2.05, 4.69) is 63.9 Å². The fraction of sp³-hybridized carbons (Fsp3) is 0.360. The standard InChI is InChI=1S/C25H30N6/c1-17(2)19-13-15-30(28-19)23-11-7-9-21(26-23)25(5,6)22-10-8-12-24(27-22)31-16-14-20(29-31)18(3)4/h7-18H,1-6H3. The molecule has 0 saturated heterocycles. The number of nitrogens with zero attached hydrogens (tertiary/aromatic N) is 6. The van der Waals surface area contributed by atoms with Gasteiger partial charge in [0.15, 0.2) is 11.6 Å². The van der Waals surface area contributed by atoms with Crippen LogP contribution in [0.25, 0.3) is 11.6 Å². The molecule has 0 spiro atoms. The molecule has 0 fully saturated rings. The summed E-state index contributed by atoms with van der Waals surface area (Å²) < 4.78 is 3.69. The predicted octanol–water partition coefficient (Wildman–Crippen LogP) is 5.42. The highest BCUT2D eigenvalue weighted by Gasteiger charge is 2.27. The number of hydrogen-bond donors (Lipinski definition) is 0. The number of hydrogen-bond acceptors (Lipinski definition) is 4. The Morgan fingerprint density at radius 3 is 1.42 bits per heavy atom. The topological polar surface area (TPSA) is 61.4 Å². The molecule has 0 bridgehead atoms. The van der Waals surface area contributed by atoms with E-state index in [1.807, 2.05) is 58.2 Å². The Balaban J connectivity index is 1.68. The van der Waals surface area contributed by atoms with Gasteiger partial charge in [0.25, 0.3) is 0 Å². The Hall–Kier alpha value is -3.28. The van der Waals surface area contributed by atoms with Crippen molar-refractivity contribution in [2.75, 3.05) is 0 Å². The highest BCUT2D eigenvalue weighted by atomic mass is 15.3. The third kappa shape index (κ3) is 4.15. The zero-order chi connectivity index (χ0) is 22.2. The van der Waals surface area contributed by atoms with Crippen LogP contribution in [0.3, 0.4) is 0 Å². The molecule has 0 atom stereocenters. The van der Waals surface area contributed by atoms with Crippen molar-refractivity contribution in [1.29, 1.82) is 0 Å². The van der Waals surface area contributed by atoms with Gasteiger partial charge in [0.2, 0.25) is 0 Å². The summed E-state index contributed by atoms with van der Waals surface area (Å²) in [5.74, 6) is 2.38. The second-order valence-corrected chi connectivity index (χ2v) is 9.07. The lowest BCUT2D eigenvalue weighted by molar-refractivity contribution is 0.587. The van der Waals surface area contributed by atoms with Crippen molar-refractivity contribution < 1.29 is 0 Å². The Morgan fingerprint density at radius 1 is 0.645 bits per heavy atom. The van der Waals surface area contributed by atoms with Crippen molar-refractivity contribution >= 4 is 0 Å². The molecule has 160 valence electrons. The molecule has 0 amide bonds. The Morgan fingerprint density at radius 2 is 1.06 bits per heavy atom. The molecule has 0 unspecified atom stereocenters. The van der Waals surface area contributed by atoms with Crippen molar-refractivity contribution in [3.63, 3.8) is 0 Å². The van der Waals surface area contributed by atoms with Gasteiger partial charge in [-0.1, -0.05) is 39.8 Å². The summed E-state index contributed by atoms with van der Waals surface area (Å²) in [6.07, 6.45) is 3.94. The van der Waals surface area contributed by atoms with E-state index >= 15 is 0 Å². The van der Waals surface area contributed by atoms with Crippen LogP contribution >= 0.6 is 0 Å². The first-order valence-corrected chi connectivity index (χ1v) is 10.8. The van der Waals surface area contributed by atoms with Crippen LogP contribution in [0.2, 0.25) is 0 Å². The van der Waals surface area contributed by atoms with Gasteiger partial charge in [0.1, 0.15) is 0 Å². The van der Waals surface area contributed by atoms with Crippen molar-refractivity contribution in [2.24, 2.45) is 0 Å². The molecule has 0 aliphatic rings. The maximum absolute atomic E-state index is 4.93. The van der Waals surface area contributed by atoms with E-state index < -0.39 is 0 Å². The van der Waals surface area contributed by atoms with Gasteiger partial charge in [-0.05, 0) is 62.1 Å². The third-order valence-electron chi connectivity index (χ3n) is 5.62. The third-order valence-corrected chi connectivity index (χ3v) is 5.62. The number of pyridine rings is 2. The van der Waals surface area contributed by atoms with E-state index in [4.69, 9.17) is 9.97 Å². The van der Waals surface area contributed by atoms with Gasteiger partial charge in [0, 0.05) is 17.8 Å². The minimum absolute atomic E-state index is 0.381. The van der Waals surface area contributed by atoms with Crippen LogP contribution in [-0.4, -0.2) is 29.5 Å². The molecular weight excluding hydrogens is 384 g/mol. The molecule has 4 aromatic rings. The minimum atomic E-state index is -0.381. The molecule has 0 saturated carbocycles. The van der Waals surface area contributed by atoms with Crippen molar-refractivity contribution in [3.8, 4) is 11.6 Å². The Bertz CT molecular complexity index is 1090. The Kier molecular flexibility index (Phi) is 5.48. The molecule has 4 heterocycles. The van der Waals surface area contributed by atoms with Crippen LogP contribution in [0.15, 0.2) is 60.9 Å². The van der Waals surface area contributed by atoms with Gasteiger partial charge < -0.3 is 0 Å². The minimum Gasteiger partial charge on any atom is -0.233 e. The van der Waals surface area contributed by atoms with Gasteiger partial charge >= 0.3 is 0 Å². The van der Waals surface area contributed by atoms with Gasteiger partial charge in [-0.15, -0.1) is 0 Å². The lowest BCUT2D eigenvalue weighted by Gasteiger charge is -2.24. The van der Waals surface area contributed by atoms with E-state index in [1.54, 1.807) is 0 Å². The van der Waals surface area contributed by atoms with E-state index in [0.717, 1.165) is 34.4 Å². The van der Waals surface area contributed by atoms with Gasteiger partial charge in [0.05, 0.1) is 22.8 Å². The van der Waals surface area contributed by atoms with Crippen LogP contribution in [0, 0.1) is 0 Å². The van der Waals surface area contributed by atoms with Crippen LogP contribution in [0.4, 0.5) is 0 Å². The lowest BCUT2D eigenvalue weighted by atomic mass is 9.84. The zero-order valence-corrected chi connectivity index (χ0v) is 19.1. The first-order chi connectivity index (χ1) is 14.8. The second kappa shape index (κ2) is 8.10. The van der Waals surface area contributed by atoms with Crippen LogP contribution in [-0.2, 0) is 5.41 Å². The first kappa shape index (κ1) is 21.0. The van der Waals surface area contributed by atoms with Crippen LogP contribution < -0.4 is 0 Å². The highest BCUT2D eigenvalue weighted by molar-refractivity contribution is 5.36. The summed E-state index contributed by atoms with van der Waals surface area (Å²) >= 11 is 0. The zero-order valence-electron chi connectivity index (χ0n) is 19.1. The molecule has 31 heavy (non-hydrogen) atoms. The molecule has 0 aliphatic carbocycles. The lowest BCUT2D eigenvalue weighted by Crippen LogP contribution is -2.23. The highest BCUT2D eigenvalue weighted by Crippen LogP contribution is 2.30. The van der Waals surface area contributed by atoms with Crippen molar-refractivity contribution in [1.82, 2.24) is 29.5 Å². The second-order valence-electron chi connectivity index (χ2n) is 9.07. The summed E-state index contributed by atoms with van der Waals surface area (Å²) in [4.78, 5) is 9.86. The van der Waals surface area contributed by atoms with E-state index in [9.17, 15) is 0 Å². The van der Waals surface area contributed by atoms with Gasteiger partial charge in [-0.3, -0.25) is 0 Å².